The van der Waals surface area contributed by atoms with Crippen LogP contribution in [0.25, 0.3) is 23.3 Å². The maximum absolute atomic E-state index is 5.96. The average Bonchev–Trinajstić information content (AvgIpc) is 2.97. The maximum Gasteiger partial charge on any atom is 0.220 e. The number of ether oxygens (including phenoxy) is 2. The summed E-state index contributed by atoms with van der Waals surface area (Å²) >= 11 is 9.47. The van der Waals surface area contributed by atoms with E-state index in [0.29, 0.717) is 34.6 Å². The number of hydrogen-bond donors (Lipinski definition) is 0. The molecule has 0 bridgehead atoms. The Bertz CT molecular complexity index is 905. The molecule has 0 aliphatic carbocycles. The Morgan fingerprint density at radius 3 is 2.83 bits per heavy atom. The van der Waals surface area contributed by atoms with Gasteiger partial charge in [0.15, 0.2) is 17.1 Å². The van der Waals surface area contributed by atoms with Gasteiger partial charge in [0, 0.05) is 11.1 Å². The first-order valence-electron chi connectivity index (χ1n) is 7.35. The van der Waals surface area contributed by atoms with Crippen LogP contribution in [0.15, 0.2) is 39.2 Å². The maximum atomic E-state index is 5.96. The van der Waals surface area contributed by atoms with Gasteiger partial charge in [-0.2, -0.15) is 0 Å². The second-order valence-corrected chi connectivity index (χ2v) is 6.26. The topological polar surface area (TPSA) is 44.5 Å². The molecule has 3 aromatic rings. The molecule has 124 valence electrons. The zero-order chi connectivity index (χ0) is 17.1. The van der Waals surface area contributed by atoms with E-state index in [2.05, 4.69) is 20.9 Å². The van der Waals surface area contributed by atoms with Crippen molar-refractivity contribution in [3.8, 4) is 11.5 Å². The number of nitrogens with zero attached hydrogens (tertiary/aromatic N) is 1. The van der Waals surface area contributed by atoms with Crippen LogP contribution in [0.4, 0.5) is 0 Å². The fourth-order valence-electron chi connectivity index (χ4n) is 2.28. The standard InChI is InChI=1S/C18H15BrClNO3/c1-3-23-18-13(19)8-11(9-16(18)22-2)4-7-17-21-14-10-12(20)5-6-15(14)24-17/h4-10H,3H2,1-2H3/b7-4+. The van der Waals surface area contributed by atoms with Crippen molar-refractivity contribution in [2.24, 2.45) is 0 Å². The highest BCUT2D eigenvalue weighted by molar-refractivity contribution is 9.10. The van der Waals surface area contributed by atoms with Crippen molar-refractivity contribution in [1.82, 2.24) is 4.98 Å². The number of hydrogen-bond acceptors (Lipinski definition) is 4. The summed E-state index contributed by atoms with van der Waals surface area (Å²) < 4.78 is 17.5. The second-order valence-electron chi connectivity index (χ2n) is 4.96. The first kappa shape index (κ1) is 16.9. The molecule has 0 atom stereocenters. The summed E-state index contributed by atoms with van der Waals surface area (Å²) in [5.74, 6) is 1.86. The average molecular weight is 409 g/mol. The predicted octanol–water partition coefficient (Wildman–Crippen LogP) is 5.82. The van der Waals surface area contributed by atoms with E-state index >= 15 is 0 Å². The van der Waals surface area contributed by atoms with Crippen molar-refractivity contribution in [3.05, 3.63) is 51.3 Å². The van der Waals surface area contributed by atoms with Crippen molar-refractivity contribution in [3.63, 3.8) is 0 Å². The van der Waals surface area contributed by atoms with Gasteiger partial charge in [-0.05, 0) is 64.8 Å². The predicted molar refractivity (Wildman–Crippen MR) is 99.8 cm³/mol. The molecule has 0 N–H and O–H groups in total. The van der Waals surface area contributed by atoms with E-state index in [1.54, 1.807) is 31.4 Å². The summed E-state index contributed by atoms with van der Waals surface area (Å²) in [6.45, 7) is 2.49. The smallest absolute Gasteiger partial charge is 0.220 e. The van der Waals surface area contributed by atoms with Gasteiger partial charge in [-0.25, -0.2) is 4.98 Å². The molecule has 1 heterocycles. The van der Waals surface area contributed by atoms with Crippen LogP contribution in [-0.2, 0) is 0 Å². The Morgan fingerprint density at radius 1 is 1.25 bits per heavy atom. The molecule has 0 aliphatic rings. The third-order valence-electron chi connectivity index (χ3n) is 3.32. The lowest BCUT2D eigenvalue weighted by atomic mass is 10.2. The van der Waals surface area contributed by atoms with Crippen LogP contribution >= 0.6 is 27.5 Å². The largest absolute Gasteiger partial charge is 0.493 e. The highest BCUT2D eigenvalue weighted by Gasteiger charge is 2.10. The first-order chi connectivity index (χ1) is 11.6. The summed E-state index contributed by atoms with van der Waals surface area (Å²) in [5, 5.41) is 0.631. The number of benzene rings is 2. The van der Waals surface area contributed by atoms with Crippen LogP contribution in [0.3, 0.4) is 0 Å². The highest BCUT2D eigenvalue weighted by atomic mass is 79.9. The molecule has 0 unspecified atom stereocenters. The molecule has 0 spiro atoms. The van der Waals surface area contributed by atoms with Crippen molar-refractivity contribution in [1.29, 1.82) is 0 Å². The normalized spacial score (nSPS) is 11.3. The van der Waals surface area contributed by atoms with Crippen molar-refractivity contribution < 1.29 is 13.9 Å². The van der Waals surface area contributed by atoms with E-state index in [1.165, 1.54) is 0 Å². The van der Waals surface area contributed by atoms with E-state index < -0.39 is 0 Å². The summed E-state index contributed by atoms with van der Waals surface area (Å²) in [6, 6.07) is 9.19. The molecule has 6 heteroatoms. The molecule has 0 saturated heterocycles. The fraction of sp³-hybridized carbons (Fsp3) is 0.167. The minimum Gasteiger partial charge on any atom is -0.493 e. The molecule has 1 aromatic heterocycles. The molecule has 0 saturated carbocycles. The molecular weight excluding hydrogens is 394 g/mol. The molecule has 2 aromatic carbocycles. The van der Waals surface area contributed by atoms with E-state index in [4.69, 9.17) is 25.5 Å². The number of aromatic nitrogens is 1. The quantitative estimate of drug-likeness (QED) is 0.533. The zero-order valence-corrected chi connectivity index (χ0v) is 15.5. The number of methoxy groups -OCH3 is 1. The van der Waals surface area contributed by atoms with Crippen LogP contribution in [0, 0.1) is 0 Å². The van der Waals surface area contributed by atoms with Gasteiger partial charge in [-0.3, -0.25) is 0 Å². The third kappa shape index (κ3) is 3.57. The van der Waals surface area contributed by atoms with Gasteiger partial charge in [0.05, 0.1) is 18.2 Å². The first-order valence-corrected chi connectivity index (χ1v) is 8.52. The number of fused-ring (bicyclic) bond motifs is 1. The van der Waals surface area contributed by atoms with E-state index in [0.717, 1.165) is 15.6 Å². The lowest BCUT2D eigenvalue weighted by Crippen LogP contribution is -1.96. The Balaban J connectivity index is 1.91. The van der Waals surface area contributed by atoms with Crippen LogP contribution in [0.5, 0.6) is 11.5 Å². The monoisotopic (exact) mass is 407 g/mol. The Kier molecular flexibility index (Phi) is 5.11. The number of rotatable bonds is 5. The molecule has 0 amide bonds. The van der Waals surface area contributed by atoms with Crippen LogP contribution in [0.1, 0.15) is 18.4 Å². The van der Waals surface area contributed by atoms with Crippen molar-refractivity contribution >= 4 is 50.8 Å². The molecule has 24 heavy (non-hydrogen) atoms. The van der Waals surface area contributed by atoms with Crippen LogP contribution in [-0.4, -0.2) is 18.7 Å². The second kappa shape index (κ2) is 7.28. The minimum atomic E-state index is 0.510. The summed E-state index contributed by atoms with van der Waals surface area (Å²) in [5.41, 5.74) is 2.36. The SMILES string of the molecule is CCOc1c(Br)cc(/C=C/c2nc3cc(Cl)ccc3o2)cc1OC. The van der Waals surface area contributed by atoms with Gasteiger partial charge < -0.3 is 13.9 Å². The lowest BCUT2D eigenvalue weighted by Gasteiger charge is -2.12. The van der Waals surface area contributed by atoms with Gasteiger partial charge in [-0.15, -0.1) is 0 Å². The van der Waals surface area contributed by atoms with Gasteiger partial charge in [-0.1, -0.05) is 11.6 Å². The zero-order valence-electron chi connectivity index (χ0n) is 13.2. The minimum absolute atomic E-state index is 0.510. The van der Waals surface area contributed by atoms with E-state index in [9.17, 15) is 0 Å². The Labute approximate surface area is 153 Å². The van der Waals surface area contributed by atoms with Gasteiger partial charge in [0.1, 0.15) is 5.52 Å². The summed E-state index contributed by atoms with van der Waals surface area (Å²) in [4.78, 5) is 4.40. The Hall–Kier alpha value is -1.98. The van der Waals surface area contributed by atoms with Crippen LogP contribution in [0.2, 0.25) is 5.02 Å². The van der Waals surface area contributed by atoms with E-state index in [1.807, 2.05) is 25.1 Å². The third-order valence-corrected chi connectivity index (χ3v) is 4.15. The Morgan fingerprint density at radius 2 is 2.08 bits per heavy atom. The van der Waals surface area contributed by atoms with Crippen molar-refractivity contribution in [2.75, 3.05) is 13.7 Å². The number of oxazole rings is 1. The fourth-order valence-corrected chi connectivity index (χ4v) is 3.02. The molecule has 4 nitrogen and oxygen atoms in total. The van der Waals surface area contributed by atoms with Gasteiger partial charge in [0.2, 0.25) is 5.89 Å². The molecule has 0 aliphatic heterocycles. The highest BCUT2D eigenvalue weighted by Crippen LogP contribution is 2.37. The van der Waals surface area contributed by atoms with Crippen molar-refractivity contribution in [2.45, 2.75) is 6.92 Å². The summed E-state index contributed by atoms with van der Waals surface area (Å²) in [6.07, 6.45) is 3.70. The van der Waals surface area contributed by atoms with Gasteiger partial charge in [0.25, 0.3) is 0 Å². The molecule has 3 rings (SSSR count). The van der Waals surface area contributed by atoms with E-state index in [-0.39, 0.29) is 0 Å². The summed E-state index contributed by atoms with van der Waals surface area (Å²) in [7, 11) is 1.61. The lowest BCUT2D eigenvalue weighted by molar-refractivity contribution is 0.309. The molecule has 0 fully saturated rings. The van der Waals surface area contributed by atoms with Crippen LogP contribution < -0.4 is 9.47 Å². The molecular formula is C18H15BrClNO3. The molecule has 0 radical (unpaired) electrons. The number of halogens is 2. The van der Waals surface area contributed by atoms with Gasteiger partial charge >= 0.3 is 0 Å².